The van der Waals surface area contributed by atoms with Gasteiger partial charge in [0, 0.05) is 31.2 Å². The largest absolute Gasteiger partial charge is 0.490 e. The molecule has 0 aliphatic heterocycles. The molecule has 2 aromatic carbocycles. The summed E-state index contributed by atoms with van der Waals surface area (Å²) < 4.78 is 9.26. The maximum absolute atomic E-state index is 12.9. The van der Waals surface area contributed by atoms with E-state index in [1.807, 2.05) is 48.5 Å². The second-order valence-electron chi connectivity index (χ2n) is 7.39. The van der Waals surface area contributed by atoms with Crippen LogP contribution in [0.3, 0.4) is 0 Å². The number of anilines is 1. The minimum atomic E-state index is -0.115. The Morgan fingerprint density at radius 3 is 2.10 bits per heavy atom. The number of hydrogen-bond acceptors (Lipinski definition) is 4. The molecule has 2 N–H and O–H groups in total. The van der Waals surface area contributed by atoms with Crippen molar-refractivity contribution >= 4 is 5.69 Å². The number of nitrogens with zero attached hydrogens (tertiary/aromatic N) is 2. The third kappa shape index (κ3) is 4.54. The van der Waals surface area contributed by atoms with Crippen molar-refractivity contribution < 1.29 is 9.84 Å². The number of aromatic nitrogens is 2. The van der Waals surface area contributed by atoms with Gasteiger partial charge < -0.3 is 15.2 Å². The Bertz CT molecular complexity index is 968. The maximum atomic E-state index is 12.9. The minimum Gasteiger partial charge on any atom is -0.490 e. The first-order valence-electron chi connectivity index (χ1n) is 10.3. The molecule has 1 saturated carbocycles. The van der Waals surface area contributed by atoms with E-state index in [-0.39, 0.29) is 12.3 Å². The summed E-state index contributed by atoms with van der Waals surface area (Å²) in [6, 6.07) is 15.4. The number of nitrogens with one attached hydrogen (secondary N) is 1. The molecule has 0 spiro atoms. The lowest BCUT2D eigenvalue weighted by atomic mass is 10.2. The molecule has 6 heteroatoms. The van der Waals surface area contributed by atoms with E-state index in [0.29, 0.717) is 19.1 Å². The molecule has 0 amide bonds. The van der Waals surface area contributed by atoms with Gasteiger partial charge in [-0.3, -0.25) is 9.13 Å². The number of benzene rings is 2. The summed E-state index contributed by atoms with van der Waals surface area (Å²) in [5.74, 6) is 0.859. The van der Waals surface area contributed by atoms with Crippen molar-refractivity contribution in [3.8, 4) is 17.1 Å². The number of aliphatic hydroxyl groups is 1. The van der Waals surface area contributed by atoms with Crippen LogP contribution in [0, 0.1) is 0 Å². The molecule has 0 saturated heterocycles. The van der Waals surface area contributed by atoms with E-state index < -0.39 is 0 Å². The summed E-state index contributed by atoms with van der Waals surface area (Å²) in [5, 5.41) is 12.1. The molecule has 6 nitrogen and oxygen atoms in total. The highest BCUT2D eigenvalue weighted by Crippen LogP contribution is 2.24. The van der Waals surface area contributed by atoms with Crippen molar-refractivity contribution in [2.45, 2.75) is 38.2 Å². The number of rotatable bonds is 8. The van der Waals surface area contributed by atoms with Gasteiger partial charge in [-0.1, -0.05) is 0 Å². The summed E-state index contributed by atoms with van der Waals surface area (Å²) in [6.07, 6.45) is 9.32. The molecular formula is C23H27N3O3. The topological polar surface area (TPSA) is 68.4 Å². The molecule has 1 heterocycles. The monoisotopic (exact) mass is 393 g/mol. The molecule has 1 fully saturated rings. The van der Waals surface area contributed by atoms with Crippen LogP contribution in [0.1, 0.15) is 32.1 Å². The van der Waals surface area contributed by atoms with Crippen molar-refractivity contribution in [1.82, 2.24) is 9.13 Å². The summed E-state index contributed by atoms with van der Waals surface area (Å²) in [5.41, 5.74) is 2.47. The summed E-state index contributed by atoms with van der Waals surface area (Å²) in [6.45, 7) is 0.883. The van der Waals surface area contributed by atoms with Gasteiger partial charge in [-0.25, -0.2) is 4.79 Å². The van der Waals surface area contributed by atoms with Gasteiger partial charge in [0.1, 0.15) is 5.75 Å². The Hall–Kier alpha value is -2.99. The summed E-state index contributed by atoms with van der Waals surface area (Å²) in [7, 11) is 0. The smallest absolute Gasteiger partial charge is 0.337 e. The van der Waals surface area contributed by atoms with Gasteiger partial charge in [0.15, 0.2) is 0 Å². The van der Waals surface area contributed by atoms with Gasteiger partial charge in [-0.05, 0) is 80.6 Å². The molecule has 152 valence electrons. The van der Waals surface area contributed by atoms with Gasteiger partial charge in [0.2, 0.25) is 0 Å². The van der Waals surface area contributed by atoms with Crippen LogP contribution in [0.4, 0.5) is 5.69 Å². The fourth-order valence-electron chi connectivity index (χ4n) is 3.71. The van der Waals surface area contributed by atoms with E-state index in [4.69, 9.17) is 9.84 Å². The predicted octanol–water partition coefficient (Wildman–Crippen LogP) is 3.74. The van der Waals surface area contributed by atoms with Crippen molar-refractivity contribution in [2.75, 3.05) is 18.5 Å². The molecule has 0 radical (unpaired) electrons. The number of hydrogen-bond donors (Lipinski definition) is 2. The average molecular weight is 393 g/mol. The molecule has 3 aromatic rings. The van der Waals surface area contributed by atoms with Crippen molar-refractivity contribution in [3.63, 3.8) is 0 Å². The molecule has 1 aliphatic rings. The molecule has 1 aliphatic carbocycles. The third-order valence-corrected chi connectivity index (χ3v) is 5.31. The van der Waals surface area contributed by atoms with Crippen LogP contribution >= 0.6 is 0 Å². The van der Waals surface area contributed by atoms with E-state index in [2.05, 4.69) is 5.32 Å². The zero-order valence-electron chi connectivity index (χ0n) is 16.5. The highest BCUT2D eigenvalue weighted by molar-refractivity contribution is 5.49. The Morgan fingerprint density at radius 2 is 1.52 bits per heavy atom. The maximum Gasteiger partial charge on any atom is 0.337 e. The number of ether oxygens (including phenoxy) is 1. The van der Waals surface area contributed by atoms with Gasteiger partial charge in [0.25, 0.3) is 0 Å². The fourth-order valence-corrected chi connectivity index (χ4v) is 3.71. The Balaban J connectivity index is 1.47. The van der Waals surface area contributed by atoms with Crippen LogP contribution in [-0.4, -0.2) is 33.5 Å². The Labute approximate surface area is 170 Å². The van der Waals surface area contributed by atoms with Crippen LogP contribution in [0.2, 0.25) is 0 Å². The van der Waals surface area contributed by atoms with Crippen LogP contribution in [0.5, 0.6) is 5.75 Å². The van der Waals surface area contributed by atoms with Gasteiger partial charge >= 0.3 is 5.69 Å². The molecular weight excluding hydrogens is 366 g/mol. The fraction of sp³-hybridized carbons (Fsp3) is 0.348. The first-order valence-corrected chi connectivity index (χ1v) is 10.3. The normalized spacial score (nSPS) is 14.2. The third-order valence-electron chi connectivity index (χ3n) is 5.31. The lowest BCUT2D eigenvalue weighted by Gasteiger charge is -2.13. The molecule has 4 rings (SSSR count). The van der Waals surface area contributed by atoms with Crippen LogP contribution in [-0.2, 0) is 0 Å². The van der Waals surface area contributed by atoms with Crippen LogP contribution < -0.4 is 15.7 Å². The lowest BCUT2D eigenvalue weighted by molar-refractivity contribution is 0.210. The second kappa shape index (κ2) is 9.01. The summed E-state index contributed by atoms with van der Waals surface area (Å²) in [4.78, 5) is 12.9. The first-order chi connectivity index (χ1) is 14.2. The molecule has 0 atom stereocenters. The molecule has 29 heavy (non-hydrogen) atoms. The van der Waals surface area contributed by atoms with Gasteiger partial charge in [-0.15, -0.1) is 0 Å². The SMILES string of the molecule is O=c1n(-c2ccc(NCCCO)cc2)ccn1-c1ccc(OC2CCCC2)cc1. The van der Waals surface area contributed by atoms with Gasteiger partial charge in [-0.2, -0.15) is 0 Å². The highest BCUT2D eigenvalue weighted by atomic mass is 16.5. The van der Waals surface area contributed by atoms with Crippen LogP contribution in [0.15, 0.2) is 65.7 Å². The van der Waals surface area contributed by atoms with Gasteiger partial charge in [0.05, 0.1) is 17.5 Å². The van der Waals surface area contributed by atoms with E-state index in [0.717, 1.165) is 35.7 Å². The minimum absolute atomic E-state index is 0.115. The Kier molecular flexibility index (Phi) is 6.00. The molecule has 0 unspecified atom stereocenters. The number of imidazole rings is 1. The quantitative estimate of drug-likeness (QED) is 0.572. The molecule has 0 bridgehead atoms. The number of aliphatic hydroxyl groups excluding tert-OH is 1. The zero-order valence-corrected chi connectivity index (χ0v) is 16.5. The van der Waals surface area contributed by atoms with E-state index in [1.165, 1.54) is 12.8 Å². The molecule has 1 aromatic heterocycles. The van der Waals surface area contributed by atoms with Crippen molar-refractivity contribution in [3.05, 3.63) is 71.4 Å². The van der Waals surface area contributed by atoms with Crippen molar-refractivity contribution in [1.29, 1.82) is 0 Å². The van der Waals surface area contributed by atoms with E-state index >= 15 is 0 Å². The van der Waals surface area contributed by atoms with Crippen molar-refractivity contribution in [2.24, 2.45) is 0 Å². The predicted molar refractivity (Wildman–Crippen MR) is 114 cm³/mol. The standard InChI is InChI=1S/C23H27N3O3/c27-17-3-14-24-18-6-8-19(9-7-18)25-15-16-26(23(25)28)20-10-12-22(13-11-20)29-21-4-1-2-5-21/h6-13,15-16,21,24,27H,1-5,14,17H2. The van der Waals surface area contributed by atoms with E-state index in [9.17, 15) is 4.79 Å². The van der Waals surface area contributed by atoms with E-state index in [1.54, 1.807) is 21.5 Å². The average Bonchev–Trinajstić information content (AvgIpc) is 3.39. The highest BCUT2D eigenvalue weighted by Gasteiger charge is 2.16. The first kappa shape index (κ1) is 19.3. The lowest BCUT2D eigenvalue weighted by Crippen LogP contribution is -2.21. The van der Waals surface area contributed by atoms with Crippen LogP contribution in [0.25, 0.3) is 11.4 Å². The second-order valence-corrected chi connectivity index (χ2v) is 7.39. The Morgan fingerprint density at radius 1 is 0.931 bits per heavy atom. The summed E-state index contributed by atoms with van der Waals surface area (Å²) >= 11 is 0. The zero-order chi connectivity index (χ0) is 20.1.